The second-order valence-corrected chi connectivity index (χ2v) is 18.1. The Morgan fingerprint density at radius 2 is 1.22 bits per heavy atom. The molecule has 1 unspecified atom stereocenters. The fraction of sp³-hybridized carbons (Fsp3) is 0.490. The van der Waals surface area contributed by atoms with Gasteiger partial charge < -0.3 is 46.4 Å². The Morgan fingerprint density at radius 3 is 1.85 bits per heavy atom. The fourth-order valence-corrected chi connectivity index (χ4v) is 10.1. The van der Waals surface area contributed by atoms with Crippen molar-refractivity contribution >= 4 is 52.2 Å². The normalized spacial score (nSPS) is 21.0. The van der Waals surface area contributed by atoms with Crippen LogP contribution in [0.3, 0.4) is 0 Å². The lowest BCUT2D eigenvalue weighted by Crippen LogP contribution is -2.51. The highest BCUT2D eigenvalue weighted by atomic mass is 16.3. The van der Waals surface area contributed by atoms with Gasteiger partial charge in [-0.25, -0.2) is 4.98 Å². The maximum atomic E-state index is 12.6. The van der Waals surface area contributed by atoms with E-state index in [2.05, 4.69) is 57.2 Å². The molecular weight excluding hydrogens is 847 g/mol. The molecule has 7 heterocycles. The molecule has 67 heavy (non-hydrogen) atoms. The number of piperazine rings is 2. The zero-order chi connectivity index (χ0) is 46.7. The molecule has 16 nitrogen and oxygen atoms in total. The highest BCUT2D eigenvalue weighted by molar-refractivity contribution is 6.03. The van der Waals surface area contributed by atoms with E-state index in [-0.39, 0.29) is 42.2 Å². The molecule has 6 N–H and O–H groups in total. The molecule has 3 saturated heterocycles. The molecule has 3 atom stereocenters. The Kier molecular flexibility index (Phi) is 16.0. The number of anilines is 5. The van der Waals surface area contributed by atoms with E-state index in [0.29, 0.717) is 24.6 Å². The van der Waals surface area contributed by atoms with Crippen LogP contribution >= 0.6 is 0 Å². The van der Waals surface area contributed by atoms with Crippen molar-refractivity contribution in [1.29, 1.82) is 0 Å². The van der Waals surface area contributed by atoms with Crippen LogP contribution in [0.15, 0.2) is 73.1 Å². The molecule has 4 aromatic rings. The summed E-state index contributed by atoms with van der Waals surface area (Å²) in [5, 5.41) is 24.0. The van der Waals surface area contributed by atoms with Gasteiger partial charge in [0.05, 0.1) is 23.7 Å². The van der Waals surface area contributed by atoms with Crippen molar-refractivity contribution in [1.82, 2.24) is 30.8 Å². The van der Waals surface area contributed by atoms with Crippen molar-refractivity contribution in [3.05, 3.63) is 101 Å². The summed E-state index contributed by atoms with van der Waals surface area (Å²) in [6.45, 7) is 14.7. The number of hydrogen-bond donors (Lipinski definition) is 6. The Hall–Kier alpha value is -6.10. The number of aliphatic hydroxyl groups is 1. The maximum Gasteiger partial charge on any atom is 0.251 e. The van der Waals surface area contributed by atoms with E-state index in [1.807, 2.05) is 68.6 Å². The monoisotopic (exact) mass is 914 g/mol. The minimum absolute atomic E-state index is 0.000592. The van der Waals surface area contributed by atoms with Gasteiger partial charge in [0, 0.05) is 125 Å². The molecule has 4 fully saturated rings. The van der Waals surface area contributed by atoms with E-state index in [9.17, 15) is 19.2 Å². The summed E-state index contributed by atoms with van der Waals surface area (Å²) in [6.07, 6.45) is 11.2. The summed E-state index contributed by atoms with van der Waals surface area (Å²) >= 11 is 0. The Balaban J connectivity index is 0.000000150. The topological polar surface area (TPSA) is 187 Å². The van der Waals surface area contributed by atoms with Gasteiger partial charge in [-0.15, -0.1) is 0 Å². The quantitative estimate of drug-likeness (QED) is 0.131. The molecule has 1 aliphatic carbocycles. The van der Waals surface area contributed by atoms with Crippen LogP contribution in [-0.4, -0.2) is 122 Å². The van der Waals surface area contributed by atoms with Crippen LogP contribution in [0.4, 0.5) is 28.6 Å². The highest BCUT2D eigenvalue weighted by Crippen LogP contribution is 2.43. The van der Waals surface area contributed by atoms with Gasteiger partial charge in [0.25, 0.3) is 11.8 Å². The van der Waals surface area contributed by atoms with Gasteiger partial charge in [-0.1, -0.05) is 12.8 Å². The van der Waals surface area contributed by atoms with Crippen LogP contribution < -0.4 is 41.3 Å². The van der Waals surface area contributed by atoms with Crippen molar-refractivity contribution in [3.63, 3.8) is 0 Å². The third-order valence-electron chi connectivity index (χ3n) is 13.7. The first-order chi connectivity index (χ1) is 32.7. The van der Waals surface area contributed by atoms with E-state index in [4.69, 9.17) is 10.1 Å². The van der Waals surface area contributed by atoms with Crippen LogP contribution in [0.5, 0.6) is 0 Å². The lowest BCUT2D eigenvalue weighted by atomic mass is 9.74. The van der Waals surface area contributed by atoms with Crippen LogP contribution in [-0.2, 0) is 22.7 Å². The number of nitrogens with one attached hydrogen (secondary N) is 5. The number of hydrogen-bond acceptors (Lipinski definition) is 12. The number of fused-ring (bicyclic) bond motifs is 6. The van der Waals surface area contributed by atoms with Crippen molar-refractivity contribution in [2.45, 2.75) is 83.9 Å². The summed E-state index contributed by atoms with van der Waals surface area (Å²) in [5.41, 5.74) is 8.39. The third kappa shape index (κ3) is 11.5. The summed E-state index contributed by atoms with van der Waals surface area (Å²) in [6, 6.07) is 19.6. The van der Waals surface area contributed by atoms with Crippen molar-refractivity contribution in [3.8, 4) is 0 Å². The Labute approximate surface area is 394 Å². The van der Waals surface area contributed by atoms with Gasteiger partial charge in [0.15, 0.2) is 5.82 Å². The molecule has 0 bridgehead atoms. The molecule has 5 aliphatic heterocycles. The number of carbonyl (C=O) groups excluding carboxylic acids is 4. The summed E-state index contributed by atoms with van der Waals surface area (Å²) in [7, 11) is 0. The number of aromatic nitrogens is 2. The number of carbonyl (C=O) groups is 4. The van der Waals surface area contributed by atoms with E-state index in [1.54, 1.807) is 12.3 Å². The van der Waals surface area contributed by atoms with Crippen molar-refractivity contribution < 1.29 is 24.3 Å². The van der Waals surface area contributed by atoms with E-state index >= 15 is 0 Å². The molecule has 1 saturated carbocycles. The first-order valence-corrected chi connectivity index (χ1v) is 24.4. The van der Waals surface area contributed by atoms with Gasteiger partial charge in [0.2, 0.25) is 11.8 Å². The lowest BCUT2D eigenvalue weighted by Gasteiger charge is -2.40. The van der Waals surface area contributed by atoms with Gasteiger partial charge in [-0.05, 0) is 118 Å². The molecule has 6 aliphatic rings. The molecular formula is C51H67N11O5. The Bertz CT molecular complexity index is 2330. The lowest BCUT2D eigenvalue weighted by molar-refractivity contribution is -0.122. The molecule has 356 valence electrons. The number of piperidine rings is 1. The van der Waals surface area contributed by atoms with Crippen LogP contribution in [0.1, 0.15) is 102 Å². The number of nitrogens with zero attached hydrogens (tertiary/aromatic N) is 6. The smallest absolute Gasteiger partial charge is 0.251 e. The maximum absolute atomic E-state index is 12.6. The van der Waals surface area contributed by atoms with Crippen LogP contribution in [0.2, 0.25) is 0 Å². The van der Waals surface area contributed by atoms with Crippen molar-refractivity contribution in [2.24, 2.45) is 5.92 Å². The second kappa shape index (κ2) is 22.6. The average Bonchev–Trinajstić information content (AvgIpc) is 3.37. The average molecular weight is 914 g/mol. The molecule has 16 heteroatoms. The molecule has 2 aromatic heterocycles. The minimum Gasteiger partial charge on any atom is -0.392 e. The predicted octanol–water partition coefficient (Wildman–Crippen LogP) is 5.11. The van der Waals surface area contributed by atoms with E-state index in [1.165, 1.54) is 12.1 Å². The van der Waals surface area contributed by atoms with Gasteiger partial charge in [-0.3, -0.25) is 29.1 Å². The molecule has 0 spiro atoms. The largest absolute Gasteiger partial charge is 0.392 e. The SMILES string of the molecule is CCNC(=O)c1ccc(N2CCN(Cc3cnc4c(c3)NC(=O)[C@@H]3CCCCC43)CC2)cc1.CCNC(=O)c1ccc(N2CCNCC2)cc1.O=C1Nc2cc(CO)cnc2N2CCCC[C@H]12. The summed E-state index contributed by atoms with van der Waals surface area (Å²) < 4.78 is 0. The van der Waals surface area contributed by atoms with Crippen LogP contribution in [0.25, 0.3) is 0 Å². The molecule has 10 rings (SSSR count). The fourth-order valence-electron chi connectivity index (χ4n) is 10.1. The standard InChI is InChI=1S/C26H33N5O2.C13H19N3O.C12H15N3O2/c1-2-27-25(32)19-7-9-20(10-8-19)31-13-11-30(12-14-31)17-18-15-23-24(28-16-18)21-5-3-4-6-22(21)26(33)29-23;1-2-15-13(17)11-3-5-12(6-4-11)16-9-7-14-8-10-16;16-7-8-5-9-11(13-6-8)15-4-2-1-3-10(15)12(17)14-9/h7-10,15-16,21-22H,2-6,11-14,17H2,1H3,(H,27,32)(H,29,33);3-6,14H,2,7-10H2,1H3,(H,15,17);5-6,10,16H,1-4,7H2,(H,14,17)/t21?,22-;;10-/m1.1/s1. The number of benzene rings is 2. The zero-order valence-corrected chi connectivity index (χ0v) is 39.1. The van der Waals surface area contributed by atoms with Gasteiger partial charge >= 0.3 is 0 Å². The first-order valence-electron chi connectivity index (χ1n) is 24.4. The van der Waals surface area contributed by atoms with E-state index in [0.717, 1.165) is 149 Å². The number of amides is 4. The number of pyridine rings is 2. The Morgan fingerprint density at radius 1 is 0.657 bits per heavy atom. The molecule has 4 amide bonds. The van der Waals surface area contributed by atoms with Crippen LogP contribution in [0, 0.1) is 5.92 Å². The summed E-state index contributed by atoms with van der Waals surface area (Å²) in [4.78, 5) is 66.5. The number of rotatable bonds is 9. The number of aliphatic hydroxyl groups excluding tert-OH is 1. The van der Waals surface area contributed by atoms with Gasteiger partial charge in [-0.2, -0.15) is 0 Å². The van der Waals surface area contributed by atoms with E-state index < -0.39 is 0 Å². The first kappa shape index (κ1) is 47.4. The predicted molar refractivity (Wildman–Crippen MR) is 263 cm³/mol. The highest BCUT2D eigenvalue weighted by Gasteiger charge is 2.39. The second-order valence-electron chi connectivity index (χ2n) is 18.1. The summed E-state index contributed by atoms with van der Waals surface area (Å²) in [5.74, 6) is 1.44. The molecule has 2 aromatic carbocycles. The zero-order valence-electron chi connectivity index (χ0n) is 39.1. The van der Waals surface area contributed by atoms with Crippen molar-refractivity contribution in [2.75, 3.05) is 97.3 Å². The minimum atomic E-state index is -0.0660. The third-order valence-corrected chi connectivity index (χ3v) is 13.7. The molecule has 0 radical (unpaired) electrons. The van der Waals surface area contributed by atoms with Gasteiger partial charge in [0.1, 0.15) is 6.04 Å².